The molecular formula is C18H23F3N4O2. The summed E-state index contributed by atoms with van der Waals surface area (Å²) in [6.45, 7) is 4.79. The van der Waals surface area contributed by atoms with Crippen molar-refractivity contribution in [3.8, 4) is 0 Å². The number of halogens is 3. The van der Waals surface area contributed by atoms with Crippen LogP contribution in [0.15, 0.2) is 24.3 Å². The van der Waals surface area contributed by atoms with E-state index in [9.17, 15) is 22.8 Å². The number of nitrogens with zero attached hydrogens (tertiary/aromatic N) is 3. The molecule has 148 valence electrons. The summed E-state index contributed by atoms with van der Waals surface area (Å²) in [7, 11) is 0. The molecule has 1 unspecified atom stereocenters. The van der Waals surface area contributed by atoms with Gasteiger partial charge in [-0.1, -0.05) is 6.07 Å². The minimum Gasteiger partial charge on any atom is -0.368 e. The Hall–Kier alpha value is -2.45. The number of piperazine rings is 1. The van der Waals surface area contributed by atoms with Crippen LogP contribution in [0.3, 0.4) is 0 Å². The van der Waals surface area contributed by atoms with Crippen molar-refractivity contribution in [3.63, 3.8) is 0 Å². The van der Waals surface area contributed by atoms with E-state index in [0.717, 1.165) is 12.1 Å². The number of carbonyl (C=O) groups is 2. The number of anilines is 1. The lowest BCUT2D eigenvalue weighted by Gasteiger charge is -2.36. The molecule has 1 aromatic rings. The third kappa shape index (κ3) is 4.45. The summed E-state index contributed by atoms with van der Waals surface area (Å²) in [6.07, 6.45) is -4.06. The summed E-state index contributed by atoms with van der Waals surface area (Å²) < 4.78 is 38.6. The fourth-order valence-corrected chi connectivity index (χ4v) is 3.49. The van der Waals surface area contributed by atoms with Crippen LogP contribution in [-0.2, 0) is 11.0 Å². The molecule has 0 saturated carbocycles. The lowest BCUT2D eigenvalue weighted by molar-refractivity contribution is -0.137. The Kier molecular flexibility index (Phi) is 5.48. The molecule has 2 saturated heterocycles. The molecule has 2 heterocycles. The average molecular weight is 384 g/mol. The highest BCUT2D eigenvalue weighted by Crippen LogP contribution is 2.31. The second-order valence-corrected chi connectivity index (χ2v) is 6.81. The number of benzene rings is 1. The largest absolute Gasteiger partial charge is 0.416 e. The average Bonchev–Trinajstić information content (AvgIpc) is 3.00. The number of carbonyl (C=O) groups excluding carboxylic acids is 2. The molecule has 0 bridgehead atoms. The molecule has 3 amide bonds. The number of amides is 3. The predicted molar refractivity (Wildman–Crippen MR) is 94.4 cm³/mol. The van der Waals surface area contributed by atoms with Gasteiger partial charge in [-0.25, -0.2) is 4.79 Å². The Balaban J connectivity index is 1.53. The van der Waals surface area contributed by atoms with Crippen molar-refractivity contribution in [1.82, 2.24) is 15.1 Å². The van der Waals surface area contributed by atoms with E-state index in [1.807, 2.05) is 11.8 Å². The molecule has 6 nitrogen and oxygen atoms in total. The minimum absolute atomic E-state index is 0.0390. The summed E-state index contributed by atoms with van der Waals surface area (Å²) >= 11 is 0. The van der Waals surface area contributed by atoms with Crippen molar-refractivity contribution in [3.05, 3.63) is 29.8 Å². The van der Waals surface area contributed by atoms with Gasteiger partial charge in [0.25, 0.3) is 0 Å². The van der Waals surface area contributed by atoms with E-state index in [-0.39, 0.29) is 18.0 Å². The summed E-state index contributed by atoms with van der Waals surface area (Å²) in [5.41, 5.74) is -0.170. The van der Waals surface area contributed by atoms with Gasteiger partial charge < -0.3 is 20.0 Å². The fraction of sp³-hybridized carbons (Fsp3) is 0.556. The van der Waals surface area contributed by atoms with E-state index in [1.54, 1.807) is 15.9 Å². The third-order valence-electron chi connectivity index (χ3n) is 5.03. The fourth-order valence-electron chi connectivity index (χ4n) is 3.49. The summed E-state index contributed by atoms with van der Waals surface area (Å²) in [5, 5.41) is 2.88. The zero-order chi connectivity index (χ0) is 19.6. The first-order valence-corrected chi connectivity index (χ1v) is 9.03. The molecule has 2 aliphatic rings. The van der Waals surface area contributed by atoms with Crippen LogP contribution in [0.4, 0.5) is 23.7 Å². The molecule has 3 rings (SSSR count). The Bertz CT molecular complexity index is 702. The van der Waals surface area contributed by atoms with E-state index in [1.165, 1.54) is 6.07 Å². The first-order valence-electron chi connectivity index (χ1n) is 9.03. The maximum absolute atomic E-state index is 12.9. The van der Waals surface area contributed by atoms with Gasteiger partial charge in [0.2, 0.25) is 5.91 Å². The SMILES string of the molecule is CCN1CC(NC(=O)N2CCN(c3cccc(C(F)(F)F)c3)CC2)CC1=O. The van der Waals surface area contributed by atoms with Crippen LogP contribution in [0, 0.1) is 0 Å². The Morgan fingerprint density at radius 2 is 1.93 bits per heavy atom. The second kappa shape index (κ2) is 7.66. The predicted octanol–water partition coefficient (Wildman–Crippen LogP) is 2.16. The highest BCUT2D eigenvalue weighted by molar-refractivity contribution is 5.81. The maximum atomic E-state index is 12.9. The van der Waals surface area contributed by atoms with Crippen molar-refractivity contribution in [2.24, 2.45) is 0 Å². The van der Waals surface area contributed by atoms with Crippen molar-refractivity contribution in [2.75, 3.05) is 44.2 Å². The van der Waals surface area contributed by atoms with Crippen LogP contribution in [0.2, 0.25) is 0 Å². The molecule has 9 heteroatoms. The molecule has 27 heavy (non-hydrogen) atoms. The topological polar surface area (TPSA) is 55.9 Å². The first-order chi connectivity index (χ1) is 12.8. The highest BCUT2D eigenvalue weighted by atomic mass is 19.4. The molecular weight excluding hydrogens is 361 g/mol. The van der Waals surface area contributed by atoms with Crippen molar-refractivity contribution < 1.29 is 22.8 Å². The van der Waals surface area contributed by atoms with Gasteiger partial charge in [-0.2, -0.15) is 13.2 Å². The monoisotopic (exact) mass is 384 g/mol. The number of urea groups is 1. The summed E-state index contributed by atoms with van der Waals surface area (Å²) in [6, 6.07) is 4.82. The van der Waals surface area contributed by atoms with E-state index in [4.69, 9.17) is 0 Å². The van der Waals surface area contributed by atoms with Gasteiger partial charge in [-0.15, -0.1) is 0 Å². The number of hydrogen-bond acceptors (Lipinski definition) is 3. The van der Waals surface area contributed by atoms with E-state index < -0.39 is 11.7 Å². The van der Waals surface area contributed by atoms with Crippen LogP contribution in [0.25, 0.3) is 0 Å². The van der Waals surface area contributed by atoms with Gasteiger partial charge >= 0.3 is 12.2 Å². The molecule has 0 spiro atoms. The molecule has 0 aromatic heterocycles. The maximum Gasteiger partial charge on any atom is 0.416 e. The standard InChI is InChI=1S/C18H23F3N4O2/c1-2-23-12-14(11-16(23)26)22-17(27)25-8-6-24(7-9-25)15-5-3-4-13(10-15)18(19,20)21/h3-5,10,14H,2,6-9,11-12H2,1H3,(H,22,27). The van der Waals surface area contributed by atoms with Crippen LogP contribution < -0.4 is 10.2 Å². The number of alkyl halides is 3. The Morgan fingerprint density at radius 3 is 2.52 bits per heavy atom. The Morgan fingerprint density at radius 1 is 1.22 bits per heavy atom. The number of likely N-dealkylation sites (tertiary alicyclic amines) is 1. The third-order valence-corrected chi connectivity index (χ3v) is 5.03. The van der Waals surface area contributed by atoms with Crippen molar-refractivity contribution in [1.29, 1.82) is 0 Å². The van der Waals surface area contributed by atoms with Crippen LogP contribution in [0.1, 0.15) is 18.9 Å². The van der Waals surface area contributed by atoms with Gasteiger partial charge in [0.15, 0.2) is 0 Å². The van der Waals surface area contributed by atoms with Crippen LogP contribution in [0.5, 0.6) is 0 Å². The van der Waals surface area contributed by atoms with Crippen molar-refractivity contribution in [2.45, 2.75) is 25.6 Å². The highest BCUT2D eigenvalue weighted by Gasteiger charge is 2.33. The molecule has 2 aliphatic heterocycles. The lowest BCUT2D eigenvalue weighted by atomic mass is 10.1. The number of rotatable bonds is 3. The van der Waals surface area contributed by atoms with Crippen molar-refractivity contribution >= 4 is 17.6 Å². The van der Waals surface area contributed by atoms with Gasteiger partial charge in [-0.3, -0.25) is 4.79 Å². The molecule has 1 atom stereocenters. The molecule has 1 aromatic carbocycles. The zero-order valence-corrected chi connectivity index (χ0v) is 15.1. The number of hydrogen-bond donors (Lipinski definition) is 1. The molecule has 0 aliphatic carbocycles. The Labute approximate surface area is 155 Å². The summed E-state index contributed by atoms with van der Waals surface area (Å²) in [5.74, 6) is 0.0390. The quantitative estimate of drug-likeness (QED) is 0.869. The smallest absolute Gasteiger partial charge is 0.368 e. The first kappa shape index (κ1) is 19.3. The summed E-state index contributed by atoms with van der Waals surface area (Å²) in [4.78, 5) is 29.3. The van der Waals surface area contributed by atoms with E-state index in [2.05, 4.69) is 5.32 Å². The number of likely N-dealkylation sites (N-methyl/N-ethyl adjacent to an activating group) is 1. The second-order valence-electron chi connectivity index (χ2n) is 6.81. The normalized spacial score (nSPS) is 21.0. The molecule has 2 fully saturated rings. The molecule has 0 radical (unpaired) electrons. The number of nitrogens with one attached hydrogen (secondary N) is 1. The van der Waals surface area contributed by atoms with Crippen LogP contribution in [-0.4, -0.2) is 67.0 Å². The van der Waals surface area contributed by atoms with E-state index in [0.29, 0.717) is 51.4 Å². The minimum atomic E-state index is -4.37. The van der Waals surface area contributed by atoms with E-state index >= 15 is 0 Å². The van der Waals surface area contributed by atoms with Gasteiger partial charge in [-0.05, 0) is 25.1 Å². The van der Waals surface area contributed by atoms with Crippen LogP contribution >= 0.6 is 0 Å². The lowest BCUT2D eigenvalue weighted by Crippen LogP contribution is -2.53. The van der Waals surface area contributed by atoms with Gasteiger partial charge in [0, 0.05) is 51.4 Å². The zero-order valence-electron chi connectivity index (χ0n) is 15.1. The van der Waals surface area contributed by atoms with Gasteiger partial charge in [0.1, 0.15) is 0 Å². The molecule has 1 N–H and O–H groups in total. The van der Waals surface area contributed by atoms with Gasteiger partial charge in [0.05, 0.1) is 11.6 Å².